The number of amides is 1. The summed E-state index contributed by atoms with van der Waals surface area (Å²) in [5, 5.41) is 6.54. The van der Waals surface area contributed by atoms with Gasteiger partial charge in [0.25, 0.3) is 11.5 Å². The fourth-order valence-electron chi connectivity index (χ4n) is 3.09. The van der Waals surface area contributed by atoms with E-state index < -0.39 is 28.7 Å². The molecule has 1 aromatic heterocycles. The number of hydrogen-bond acceptors (Lipinski definition) is 7. The molecule has 0 bridgehead atoms. The van der Waals surface area contributed by atoms with Crippen molar-refractivity contribution >= 4 is 5.91 Å². The van der Waals surface area contributed by atoms with Crippen LogP contribution in [0.1, 0.15) is 16.1 Å². The second-order valence-electron chi connectivity index (χ2n) is 6.85. The minimum atomic E-state index is -0.907. The molecule has 0 saturated carbocycles. The Bertz CT molecular complexity index is 1270. The minimum Gasteiger partial charge on any atom is -0.493 e. The summed E-state index contributed by atoms with van der Waals surface area (Å²) < 4.78 is 30.8. The third-order valence-corrected chi connectivity index (χ3v) is 4.71. The molecule has 0 radical (unpaired) electrons. The molecule has 0 fully saturated rings. The molecule has 0 aliphatic carbocycles. The standard InChI is InChI=1S/C22H23FN4O6/c1-31-10-9-24-20(28)19-21(29)26(13-14-5-4-6-15(23)11-14)22(30)27(25-19)16-7-8-17(32-2)18(12-16)33-3/h4-8,11-12H,9-10,13H2,1-3H3,(H,24,28). The lowest BCUT2D eigenvalue weighted by atomic mass is 10.2. The van der Waals surface area contributed by atoms with Gasteiger partial charge in [-0.05, 0) is 29.8 Å². The number of hydrogen-bond donors (Lipinski definition) is 1. The van der Waals surface area contributed by atoms with Gasteiger partial charge in [-0.3, -0.25) is 14.2 Å². The van der Waals surface area contributed by atoms with E-state index in [4.69, 9.17) is 14.2 Å². The number of ether oxygens (including phenoxy) is 3. The summed E-state index contributed by atoms with van der Waals surface area (Å²) in [7, 11) is 4.36. The van der Waals surface area contributed by atoms with Crippen molar-refractivity contribution < 1.29 is 23.4 Å². The van der Waals surface area contributed by atoms with Gasteiger partial charge in [-0.25, -0.2) is 9.18 Å². The number of methoxy groups -OCH3 is 3. The van der Waals surface area contributed by atoms with Crippen molar-refractivity contribution in [2.75, 3.05) is 34.5 Å². The van der Waals surface area contributed by atoms with E-state index >= 15 is 0 Å². The van der Waals surface area contributed by atoms with Crippen LogP contribution >= 0.6 is 0 Å². The van der Waals surface area contributed by atoms with E-state index in [1.54, 1.807) is 12.1 Å². The summed E-state index contributed by atoms with van der Waals surface area (Å²) in [5.41, 5.74) is -1.63. The van der Waals surface area contributed by atoms with Gasteiger partial charge in [0, 0.05) is 19.7 Å². The highest BCUT2D eigenvalue weighted by molar-refractivity contribution is 5.91. The van der Waals surface area contributed by atoms with E-state index in [0.717, 1.165) is 9.25 Å². The zero-order valence-electron chi connectivity index (χ0n) is 18.3. The third kappa shape index (κ3) is 5.26. The Labute approximate surface area is 188 Å². The molecule has 1 amide bonds. The number of rotatable bonds is 9. The molecule has 3 aromatic rings. The molecular formula is C22H23FN4O6. The molecule has 1 N–H and O–H groups in total. The van der Waals surface area contributed by atoms with Gasteiger partial charge >= 0.3 is 5.69 Å². The van der Waals surface area contributed by atoms with Crippen molar-refractivity contribution in [3.63, 3.8) is 0 Å². The molecule has 0 unspecified atom stereocenters. The first-order valence-electron chi connectivity index (χ1n) is 9.87. The van der Waals surface area contributed by atoms with Gasteiger partial charge in [0.05, 0.1) is 33.1 Å². The summed E-state index contributed by atoms with van der Waals surface area (Å²) in [6, 6.07) is 10.0. The molecule has 0 aliphatic rings. The van der Waals surface area contributed by atoms with Gasteiger partial charge in [0.1, 0.15) is 5.82 Å². The Morgan fingerprint density at radius 3 is 2.48 bits per heavy atom. The average Bonchev–Trinajstić information content (AvgIpc) is 2.81. The molecule has 33 heavy (non-hydrogen) atoms. The quantitative estimate of drug-likeness (QED) is 0.476. The van der Waals surface area contributed by atoms with Gasteiger partial charge in [-0.1, -0.05) is 12.1 Å². The molecule has 11 heteroatoms. The average molecular weight is 458 g/mol. The number of carbonyl (C=O) groups is 1. The molecule has 0 spiro atoms. The number of benzene rings is 2. The van der Waals surface area contributed by atoms with E-state index in [1.807, 2.05) is 0 Å². The molecule has 0 aliphatic heterocycles. The second-order valence-corrected chi connectivity index (χ2v) is 6.85. The maximum atomic E-state index is 13.7. The summed E-state index contributed by atoms with van der Waals surface area (Å²) in [4.78, 5) is 38.9. The van der Waals surface area contributed by atoms with Crippen LogP contribution in [0.25, 0.3) is 5.69 Å². The topological polar surface area (TPSA) is 114 Å². The van der Waals surface area contributed by atoms with Crippen molar-refractivity contribution in [1.29, 1.82) is 0 Å². The van der Waals surface area contributed by atoms with Gasteiger partial charge in [0.2, 0.25) is 5.69 Å². The lowest BCUT2D eigenvalue weighted by Crippen LogP contribution is -2.46. The first-order valence-corrected chi connectivity index (χ1v) is 9.87. The van der Waals surface area contributed by atoms with Crippen LogP contribution in [-0.2, 0) is 11.3 Å². The number of nitrogens with one attached hydrogen (secondary N) is 1. The molecular weight excluding hydrogens is 435 g/mol. The molecule has 2 aromatic carbocycles. The third-order valence-electron chi connectivity index (χ3n) is 4.71. The molecule has 0 atom stereocenters. The van der Waals surface area contributed by atoms with Crippen LogP contribution < -0.4 is 26.0 Å². The summed E-state index contributed by atoms with van der Waals surface area (Å²) in [5.74, 6) is -0.566. The smallest absolute Gasteiger partial charge is 0.352 e. The monoisotopic (exact) mass is 458 g/mol. The zero-order valence-corrected chi connectivity index (χ0v) is 18.3. The number of aromatic nitrogens is 3. The highest BCUT2D eigenvalue weighted by Gasteiger charge is 2.21. The number of nitrogens with zero attached hydrogens (tertiary/aromatic N) is 3. The first kappa shape index (κ1) is 23.7. The van der Waals surface area contributed by atoms with E-state index in [-0.39, 0.29) is 25.4 Å². The van der Waals surface area contributed by atoms with Crippen LogP contribution in [0.4, 0.5) is 4.39 Å². The normalized spacial score (nSPS) is 10.7. The Balaban J connectivity index is 2.18. The SMILES string of the molecule is COCCNC(=O)c1nn(-c2ccc(OC)c(OC)c2)c(=O)n(Cc2cccc(F)c2)c1=O. The van der Waals surface area contributed by atoms with Crippen LogP contribution in [0.5, 0.6) is 11.5 Å². The van der Waals surface area contributed by atoms with Crippen molar-refractivity contribution in [1.82, 2.24) is 19.7 Å². The van der Waals surface area contributed by atoms with Crippen molar-refractivity contribution in [3.05, 3.63) is 80.4 Å². The highest BCUT2D eigenvalue weighted by atomic mass is 19.1. The maximum Gasteiger partial charge on any atom is 0.352 e. The van der Waals surface area contributed by atoms with Crippen molar-refractivity contribution in [2.24, 2.45) is 0 Å². The minimum absolute atomic E-state index is 0.135. The molecule has 3 rings (SSSR count). The molecule has 0 saturated heterocycles. The summed E-state index contributed by atoms with van der Waals surface area (Å²) in [6.07, 6.45) is 0. The highest BCUT2D eigenvalue weighted by Crippen LogP contribution is 2.28. The lowest BCUT2D eigenvalue weighted by molar-refractivity contribution is 0.0927. The Hall–Kier alpha value is -3.99. The van der Waals surface area contributed by atoms with Crippen LogP contribution in [0, 0.1) is 5.82 Å². The van der Waals surface area contributed by atoms with E-state index in [0.29, 0.717) is 17.1 Å². The van der Waals surface area contributed by atoms with Crippen molar-refractivity contribution in [3.8, 4) is 17.2 Å². The number of carbonyl (C=O) groups excluding carboxylic acids is 1. The fraction of sp³-hybridized carbons (Fsp3) is 0.273. The van der Waals surface area contributed by atoms with Crippen LogP contribution in [0.15, 0.2) is 52.1 Å². The number of halogens is 1. The van der Waals surface area contributed by atoms with Gasteiger partial charge in [0.15, 0.2) is 11.5 Å². The van der Waals surface area contributed by atoms with Gasteiger partial charge < -0.3 is 19.5 Å². The van der Waals surface area contributed by atoms with Gasteiger partial charge in [-0.2, -0.15) is 9.78 Å². The molecule has 174 valence electrons. The molecule has 1 heterocycles. The van der Waals surface area contributed by atoms with Gasteiger partial charge in [-0.15, -0.1) is 0 Å². The maximum absolute atomic E-state index is 13.7. The molecule has 10 nitrogen and oxygen atoms in total. The van der Waals surface area contributed by atoms with Crippen molar-refractivity contribution in [2.45, 2.75) is 6.54 Å². The Morgan fingerprint density at radius 1 is 1.06 bits per heavy atom. The predicted molar refractivity (Wildman–Crippen MR) is 117 cm³/mol. The predicted octanol–water partition coefficient (Wildman–Crippen LogP) is 0.975. The first-order chi connectivity index (χ1) is 15.9. The van der Waals surface area contributed by atoms with E-state index in [1.165, 1.54) is 51.7 Å². The Kier molecular flexibility index (Phi) is 7.57. The van der Waals surface area contributed by atoms with Crippen LogP contribution in [0.2, 0.25) is 0 Å². The fourth-order valence-corrected chi connectivity index (χ4v) is 3.09. The van der Waals surface area contributed by atoms with E-state index in [2.05, 4.69) is 10.4 Å². The largest absolute Gasteiger partial charge is 0.493 e. The Morgan fingerprint density at radius 2 is 1.82 bits per heavy atom. The second kappa shape index (κ2) is 10.6. The van der Waals surface area contributed by atoms with Crippen LogP contribution in [-0.4, -0.2) is 54.7 Å². The van der Waals surface area contributed by atoms with Crippen LogP contribution in [0.3, 0.4) is 0 Å². The summed E-state index contributed by atoms with van der Waals surface area (Å²) in [6.45, 7) is 0.0952. The van der Waals surface area contributed by atoms with E-state index in [9.17, 15) is 18.8 Å². The zero-order chi connectivity index (χ0) is 24.0. The summed E-state index contributed by atoms with van der Waals surface area (Å²) >= 11 is 0. The lowest BCUT2D eigenvalue weighted by Gasteiger charge is -2.14.